The first-order chi connectivity index (χ1) is 9.52. The van der Waals surface area contributed by atoms with Crippen molar-refractivity contribution in [2.24, 2.45) is 5.92 Å². The van der Waals surface area contributed by atoms with Crippen LogP contribution in [0.2, 0.25) is 0 Å². The molecule has 1 aliphatic carbocycles. The van der Waals surface area contributed by atoms with Crippen LogP contribution in [0.5, 0.6) is 0 Å². The number of carboxylic acids is 1. The molecule has 1 amide bonds. The van der Waals surface area contributed by atoms with Gasteiger partial charge in [-0.15, -0.1) is 0 Å². The second-order valence-corrected chi connectivity index (χ2v) is 5.28. The van der Waals surface area contributed by atoms with Crippen LogP contribution in [0.25, 0.3) is 0 Å². The quantitative estimate of drug-likeness (QED) is 0.896. The molecule has 1 aromatic rings. The van der Waals surface area contributed by atoms with Crippen LogP contribution < -0.4 is 0 Å². The molecule has 20 heavy (non-hydrogen) atoms. The summed E-state index contributed by atoms with van der Waals surface area (Å²) in [6.07, 6.45) is 3.63. The highest BCUT2D eigenvalue weighted by atomic mass is 16.4. The Labute approximate surface area is 118 Å². The molecule has 0 atom stereocenters. The van der Waals surface area contributed by atoms with Crippen molar-refractivity contribution in [3.8, 4) is 0 Å². The Morgan fingerprint density at radius 1 is 1.40 bits per heavy atom. The maximum atomic E-state index is 12.4. The van der Waals surface area contributed by atoms with Crippen molar-refractivity contribution in [1.29, 1.82) is 0 Å². The average Bonchev–Trinajstić information content (AvgIpc) is 2.36. The SMILES string of the molecule is CCN(CC1CCC1)C(=O)c1ccc(C(=O)O)c(C)n1. The fraction of sp³-hybridized carbons (Fsp3) is 0.533. The van der Waals surface area contributed by atoms with Gasteiger partial charge in [-0.25, -0.2) is 9.78 Å². The largest absolute Gasteiger partial charge is 0.478 e. The van der Waals surface area contributed by atoms with E-state index in [-0.39, 0.29) is 11.5 Å². The molecular formula is C15H20N2O3. The normalized spacial score (nSPS) is 14.7. The van der Waals surface area contributed by atoms with Gasteiger partial charge in [-0.3, -0.25) is 4.79 Å². The molecule has 2 rings (SSSR count). The minimum Gasteiger partial charge on any atom is -0.478 e. The molecule has 1 aromatic heterocycles. The number of rotatable bonds is 5. The monoisotopic (exact) mass is 276 g/mol. The predicted octanol–water partition coefficient (Wildman–Crippen LogP) is 2.35. The van der Waals surface area contributed by atoms with E-state index in [9.17, 15) is 9.59 Å². The third-order valence-corrected chi connectivity index (χ3v) is 3.91. The van der Waals surface area contributed by atoms with Crippen molar-refractivity contribution in [2.75, 3.05) is 13.1 Å². The lowest BCUT2D eigenvalue weighted by Crippen LogP contribution is -2.37. The van der Waals surface area contributed by atoms with Gasteiger partial charge in [0.2, 0.25) is 0 Å². The molecule has 0 unspecified atom stereocenters. The minimum absolute atomic E-state index is 0.112. The number of carbonyl (C=O) groups is 2. The Morgan fingerprint density at radius 2 is 2.10 bits per heavy atom. The van der Waals surface area contributed by atoms with E-state index in [1.54, 1.807) is 11.8 Å². The number of carboxylic acid groups (broad SMARTS) is 1. The molecule has 1 N–H and O–H groups in total. The lowest BCUT2D eigenvalue weighted by molar-refractivity contribution is 0.0682. The molecule has 0 radical (unpaired) electrons. The summed E-state index contributed by atoms with van der Waals surface area (Å²) in [5, 5.41) is 8.97. The summed E-state index contributed by atoms with van der Waals surface area (Å²) in [7, 11) is 0. The summed E-state index contributed by atoms with van der Waals surface area (Å²) >= 11 is 0. The van der Waals surface area contributed by atoms with Gasteiger partial charge in [0, 0.05) is 13.1 Å². The summed E-state index contributed by atoms with van der Waals surface area (Å²) in [6.45, 7) is 4.99. The van der Waals surface area contributed by atoms with Crippen LogP contribution in [-0.2, 0) is 0 Å². The van der Waals surface area contributed by atoms with Gasteiger partial charge >= 0.3 is 5.97 Å². The highest BCUT2D eigenvalue weighted by Crippen LogP contribution is 2.27. The number of pyridine rings is 1. The smallest absolute Gasteiger partial charge is 0.337 e. The lowest BCUT2D eigenvalue weighted by atomic mass is 9.85. The Balaban J connectivity index is 2.14. The molecule has 1 fully saturated rings. The highest BCUT2D eigenvalue weighted by Gasteiger charge is 2.24. The Bertz CT molecular complexity index is 524. The van der Waals surface area contributed by atoms with Crippen LogP contribution in [0.4, 0.5) is 0 Å². The molecule has 0 bridgehead atoms. The number of aryl methyl sites for hydroxylation is 1. The Hall–Kier alpha value is -1.91. The number of amides is 1. The van der Waals surface area contributed by atoms with Crippen molar-refractivity contribution in [1.82, 2.24) is 9.88 Å². The maximum absolute atomic E-state index is 12.4. The second kappa shape index (κ2) is 6.03. The van der Waals surface area contributed by atoms with E-state index in [4.69, 9.17) is 5.11 Å². The molecular weight excluding hydrogens is 256 g/mol. The summed E-state index contributed by atoms with van der Waals surface area (Å²) in [4.78, 5) is 29.3. The van der Waals surface area contributed by atoms with Gasteiger partial charge in [0.05, 0.1) is 11.3 Å². The highest BCUT2D eigenvalue weighted by molar-refractivity contribution is 5.94. The molecule has 1 aliphatic rings. The van der Waals surface area contributed by atoms with Crippen LogP contribution in [0.3, 0.4) is 0 Å². The number of aromatic carboxylic acids is 1. The van der Waals surface area contributed by atoms with Crippen molar-refractivity contribution in [2.45, 2.75) is 33.1 Å². The zero-order valence-electron chi connectivity index (χ0n) is 11.9. The van der Waals surface area contributed by atoms with Gasteiger partial charge in [-0.2, -0.15) is 0 Å². The van der Waals surface area contributed by atoms with Gasteiger partial charge in [0.1, 0.15) is 5.69 Å². The van der Waals surface area contributed by atoms with Crippen molar-refractivity contribution in [3.63, 3.8) is 0 Å². The Morgan fingerprint density at radius 3 is 2.55 bits per heavy atom. The van der Waals surface area contributed by atoms with Crippen LogP contribution in [-0.4, -0.2) is 40.0 Å². The van der Waals surface area contributed by atoms with E-state index in [1.807, 2.05) is 6.92 Å². The van der Waals surface area contributed by atoms with Crippen molar-refractivity contribution < 1.29 is 14.7 Å². The van der Waals surface area contributed by atoms with Crippen LogP contribution in [0.15, 0.2) is 12.1 Å². The zero-order chi connectivity index (χ0) is 14.7. The first kappa shape index (κ1) is 14.5. The van der Waals surface area contributed by atoms with E-state index >= 15 is 0 Å². The first-order valence-corrected chi connectivity index (χ1v) is 7.03. The van der Waals surface area contributed by atoms with Crippen LogP contribution in [0, 0.1) is 12.8 Å². The van der Waals surface area contributed by atoms with Gasteiger partial charge in [-0.1, -0.05) is 6.42 Å². The van der Waals surface area contributed by atoms with Gasteiger partial charge in [0.15, 0.2) is 0 Å². The lowest BCUT2D eigenvalue weighted by Gasteiger charge is -2.31. The van der Waals surface area contributed by atoms with Crippen molar-refractivity contribution >= 4 is 11.9 Å². The number of carbonyl (C=O) groups excluding carboxylic acids is 1. The van der Waals surface area contributed by atoms with Crippen LogP contribution >= 0.6 is 0 Å². The molecule has 5 nitrogen and oxygen atoms in total. The Kier molecular flexibility index (Phi) is 4.37. The molecule has 0 spiro atoms. The van der Waals surface area contributed by atoms with E-state index in [2.05, 4.69) is 4.98 Å². The number of aromatic nitrogens is 1. The van der Waals surface area contributed by atoms with Crippen molar-refractivity contribution in [3.05, 3.63) is 29.1 Å². The number of hydrogen-bond donors (Lipinski definition) is 1. The number of nitrogens with zero attached hydrogens (tertiary/aromatic N) is 2. The topological polar surface area (TPSA) is 70.5 Å². The molecule has 0 saturated heterocycles. The summed E-state index contributed by atoms with van der Waals surface area (Å²) in [5.41, 5.74) is 0.848. The third-order valence-electron chi connectivity index (χ3n) is 3.91. The fourth-order valence-corrected chi connectivity index (χ4v) is 2.41. The molecule has 1 saturated carbocycles. The number of hydrogen-bond acceptors (Lipinski definition) is 3. The standard InChI is InChI=1S/C15H20N2O3/c1-3-17(9-11-5-4-6-11)14(18)13-8-7-12(15(19)20)10(2)16-13/h7-8,11H,3-6,9H2,1-2H3,(H,19,20). The summed E-state index contributed by atoms with van der Waals surface area (Å²) in [6, 6.07) is 2.96. The van der Waals surface area contributed by atoms with E-state index in [0.717, 1.165) is 6.54 Å². The predicted molar refractivity (Wildman–Crippen MR) is 74.9 cm³/mol. The molecule has 0 aromatic carbocycles. The van der Waals surface area contributed by atoms with E-state index in [0.29, 0.717) is 23.9 Å². The van der Waals surface area contributed by atoms with Gasteiger partial charge in [-0.05, 0) is 44.7 Å². The first-order valence-electron chi connectivity index (χ1n) is 7.03. The second-order valence-electron chi connectivity index (χ2n) is 5.28. The summed E-state index contributed by atoms with van der Waals surface area (Å²) < 4.78 is 0. The van der Waals surface area contributed by atoms with Gasteiger partial charge in [0.25, 0.3) is 5.91 Å². The van der Waals surface area contributed by atoms with Gasteiger partial charge < -0.3 is 10.0 Å². The summed E-state index contributed by atoms with van der Waals surface area (Å²) in [5.74, 6) is -0.520. The third kappa shape index (κ3) is 2.98. The van der Waals surface area contributed by atoms with E-state index < -0.39 is 5.97 Å². The molecule has 0 aliphatic heterocycles. The molecule has 108 valence electrons. The maximum Gasteiger partial charge on any atom is 0.337 e. The average molecular weight is 276 g/mol. The molecule has 5 heteroatoms. The van der Waals surface area contributed by atoms with Crippen LogP contribution in [0.1, 0.15) is 52.7 Å². The van der Waals surface area contributed by atoms with E-state index in [1.165, 1.54) is 31.4 Å². The zero-order valence-corrected chi connectivity index (χ0v) is 11.9. The minimum atomic E-state index is -1.02. The fourth-order valence-electron chi connectivity index (χ4n) is 2.41. The molecule has 1 heterocycles.